The Morgan fingerprint density at radius 3 is 2.60 bits per heavy atom. The molecule has 1 aliphatic heterocycles. The van der Waals surface area contributed by atoms with Gasteiger partial charge in [0.05, 0.1) is 0 Å². The third kappa shape index (κ3) is 2.24. The molecule has 0 unspecified atom stereocenters. The normalized spacial score (nSPS) is 20.8. The highest BCUT2D eigenvalue weighted by Gasteiger charge is 2.20. The van der Waals surface area contributed by atoms with E-state index >= 15 is 0 Å². The highest BCUT2D eigenvalue weighted by atomic mass is 19.1. The Kier molecular flexibility index (Phi) is 2.54. The Labute approximate surface area is 87.4 Å². The molecule has 2 rings (SSSR count). The monoisotopic (exact) mass is 206 g/mol. The number of rotatable bonds is 1. The van der Waals surface area contributed by atoms with Gasteiger partial charge in [-0.2, -0.15) is 0 Å². The molecule has 0 bridgehead atoms. The first-order valence-electron chi connectivity index (χ1n) is 4.78. The van der Waals surface area contributed by atoms with Crippen molar-refractivity contribution in [1.82, 2.24) is 0 Å². The standard InChI is InChI=1S/C12H11FO2/c1-8-6-11(15-12(14)7-8)9-2-4-10(13)5-3-9/h2-5,7,11H,6H2,1H3/t11-/m0/s1. The lowest BCUT2D eigenvalue weighted by Gasteiger charge is -2.21. The summed E-state index contributed by atoms with van der Waals surface area (Å²) in [6.45, 7) is 1.89. The van der Waals surface area contributed by atoms with Gasteiger partial charge in [-0.25, -0.2) is 9.18 Å². The van der Waals surface area contributed by atoms with Crippen LogP contribution < -0.4 is 0 Å². The molecular formula is C12H11FO2. The van der Waals surface area contributed by atoms with E-state index in [4.69, 9.17) is 4.74 Å². The van der Waals surface area contributed by atoms with Gasteiger partial charge in [-0.15, -0.1) is 0 Å². The number of benzene rings is 1. The second kappa shape index (κ2) is 3.85. The summed E-state index contributed by atoms with van der Waals surface area (Å²) in [4.78, 5) is 11.2. The third-order valence-corrected chi connectivity index (χ3v) is 2.37. The molecule has 1 aromatic carbocycles. The minimum atomic E-state index is -0.326. The molecule has 0 spiro atoms. The number of hydrogen-bond donors (Lipinski definition) is 0. The van der Waals surface area contributed by atoms with E-state index in [1.165, 1.54) is 18.2 Å². The van der Waals surface area contributed by atoms with Gasteiger partial charge in [0.25, 0.3) is 0 Å². The van der Waals surface area contributed by atoms with E-state index in [9.17, 15) is 9.18 Å². The Hall–Kier alpha value is -1.64. The van der Waals surface area contributed by atoms with Gasteiger partial charge < -0.3 is 4.74 Å². The number of carbonyl (C=O) groups is 1. The molecule has 2 nitrogen and oxygen atoms in total. The average molecular weight is 206 g/mol. The van der Waals surface area contributed by atoms with Crippen LogP contribution in [0.4, 0.5) is 4.39 Å². The van der Waals surface area contributed by atoms with Gasteiger partial charge in [-0.05, 0) is 24.6 Å². The van der Waals surface area contributed by atoms with Crippen molar-refractivity contribution in [1.29, 1.82) is 0 Å². The van der Waals surface area contributed by atoms with E-state index in [1.807, 2.05) is 6.92 Å². The highest BCUT2D eigenvalue weighted by Crippen LogP contribution is 2.28. The van der Waals surface area contributed by atoms with Crippen molar-refractivity contribution >= 4 is 5.97 Å². The molecular weight excluding hydrogens is 195 g/mol. The van der Waals surface area contributed by atoms with Crippen molar-refractivity contribution in [2.75, 3.05) is 0 Å². The third-order valence-electron chi connectivity index (χ3n) is 2.37. The predicted molar refractivity (Wildman–Crippen MR) is 53.6 cm³/mol. The molecule has 0 radical (unpaired) electrons. The van der Waals surface area contributed by atoms with Crippen molar-refractivity contribution < 1.29 is 13.9 Å². The molecule has 0 N–H and O–H groups in total. The predicted octanol–water partition coefficient (Wildman–Crippen LogP) is 2.76. The molecule has 3 heteroatoms. The van der Waals surface area contributed by atoms with Crippen LogP contribution in [0.1, 0.15) is 25.0 Å². The van der Waals surface area contributed by atoms with Gasteiger partial charge >= 0.3 is 5.97 Å². The Morgan fingerprint density at radius 2 is 2.00 bits per heavy atom. The van der Waals surface area contributed by atoms with E-state index in [2.05, 4.69) is 0 Å². The van der Waals surface area contributed by atoms with Gasteiger partial charge in [-0.1, -0.05) is 17.7 Å². The SMILES string of the molecule is CC1=CC(=O)O[C@H](c2ccc(F)cc2)C1. The summed E-state index contributed by atoms with van der Waals surface area (Å²) < 4.78 is 17.8. The van der Waals surface area contributed by atoms with Gasteiger partial charge in [-0.3, -0.25) is 0 Å². The van der Waals surface area contributed by atoms with Crippen LogP contribution in [0.3, 0.4) is 0 Å². The van der Waals surface area contributed by atoms with Crippen molar-refractivity contribution in [2.24, 2.45) is 0 Å². The topological polar surface area (TPSA) is 26.3 Å². The quantitative estimate of drug-likeness (QED) is 0.660. The van der Waals surface area contributed by atoms with E-state index in [-0.39, 0.29) is 17.9 Å². The van der Waals surface area contributed by atoms with E-state index < -0.39 is 0 Å². The Bertz CT molecular complexity index is 406. The number of halogens is 1. The van der Waals surface area contributed by atoms with Gasteiger partial charge in [0.1, 0.15) is 11.9 Å². The van der Waals surface area contributed by atoms with E-state index in [1.54, 1.807) is 12.1 Å². The molecule has 0 amide bonds. The molecule has 0 saturated carbocycles. The van der Waals surface area contributed by atoms with Crippen LogP contribution in [-0.4, -0.2) is 5.97 Å². The van der Waals surface area contributed by atoms with Gasteiger partial charge in [0, 0.05) is 12.5 Å². The molecule has 1 atom stereocenters. The Morgan fingerprint density at radius 1 is 1.33 bits per heavy atom. The lowest BCUT2D eigenvalue weighted by atomic mass is 10.00. The molecule has 0 saturated heterocycles. The van der Waals surface area contributed by atoms with E-state index in [0.717, 1.165) is 11.1 Å². The smallest absolute Gasteiger partial charge is 0.331 e. The zero-order valence-electron chi connectivity index (χ0n) is 8.37. The molecule has 0 aliphatic carbocycles. The molecule has 0 aromatic heterocycles. The first-order valence-corrected chi connectivity index (χ1v) is 4.78. The van der Waals surface area contributed by atoms with Crippen molar-refractivity contribution in [3.63, 3.8) is 0 Å². The first-order chi connectivity index (χ1) is 7.15. The summed E-state index contributed by atoms with van der Waals surface area (Å²) in [5, 5.41) is 0. The fraction of sp³-hybridized carbons (Fsp3) is 0.250. The maximum absolute atomic E-state index is 12.7. The van der Waals surface area contributed by atoms with Gasteiger partial charge in [0.15, 0.2) is 0 Å². The number of esters is 1. The summed E-state index contributed by atoms with van der Waals surface area (Å²) in [6, 6.07) is 6.03. The van der Waals surface area contributed by atoms with Crippen LogP contribution in [0.15, 0.2) is 35.9 Å². The lowest BCUT2D eigenvalue weighted by molar-refractivity contribution is -0.144. The van der Waals surface area contributed by atoms with Crippen LogP contribution in [0.5, 0.6) is 0 Å². The molecule has 1 aliphatic rings. The second-order valence-corrected chi connectivity index (χ2v) is 3.67. The fourth-order valence-corrected chi connectivity index (χ4v) is 1.63. The van der Waals surface area contributed by atoms with Crippen LogP contribution in [0, 0.1) is 5.82 Å². The minimum absolute atomic E-state index is 0.275. The molecule has 1 heterocycles. The number of hydrogen-bond acceptors (Lipinski definition) is 2. The lowest BCUT2D eigenvalue weighted by Crippen LogP contribution is -2.15. The molecule has 0 fully saturated rings. The second-order valence-electron chi connectivity index (χ2n) is 3.67. The fourth-order valence-electron chi connectivity index (χ4n) is 1.63. The maximum Gasteiger partial charge on any atom is 0.331 e. The summed E-state index contributed by atoms with van der Waals surface area (Å²) in [5.41, 5.74) is 1.82. The number of carbonyl (C=O) groups excluding carboxylic acids is 1. The van der Waals surface area contributed by atoms with Crippen LogP contribution in [0.2, 0.25) is 0 Å². The molecule has 78 valence electrons. The number of cyclic esters (lactones) is 1. The van der Waals surface area contributed by atoms with Crippen molar-refractivity contribution in [3.8, 4) is 0 Å². The summed E-state index contributed by atoms with van der Waals surface area (Å²) in [5.74, 6) is -0.610. The molecule has 1 aromatic rings. The van der Waals surface area contributed by atoms with Crippen molar-refractivity contribution in [3.05, 3.63) is 47.3 Å². The average Bonchev–Trinajstić information content (AvgIpc) is 2.17. The number of ether oxygens (including phenoxy) is 1. The van der Waals surface area contributed by atoms with Crippen molar-refractivity contribution in [2.45, 2.75) is 19.4 Å². The zero-order valence-corrected chi connectivity index (χ0v) is 8.37. The first kappa shape index (κ1) is 9.90. The van der Waals surface area contributed by atoms with E-state index in [0.29, 0.717) is 6.42 Å². The largest absolute Gasteiger partial charge is 0.454 e. The van der Waals surface area contributed by atoms with Crippen LogP contribution in [-0.2, 0) is 9.53 Å². The minimum Gasteiger partial charge on any atom is -0.454 e. The summed E-state index contributed by atoms with van der Waals surface area (Å²) in [6.07, 6.45) is 1.89. The summed E-state index contributed by atoms with van der Waals surface area (Å²) >= 11 is 0. The maximum atomic E-state index is 12.7. The van der Waals surface area contributed by atoms with Crippen LogP contribution in [0.25, 0.3) is 0 Å². The molecule has 15 heavy (non-hydrogen) atoms. The van der Waals surface area contributed by atoms with Crippen LogP contribution >= 0.6 is 0 Å². The zero-order chi connectivity index (χ0) is 10.8. The Balaban J connectivity index is 2.22. The summed E-state index contributed by atoms with van der Waals surface area (Å²) in [7, 11) is 0. The highest BCUT2D eigenvalue weighted by molar-refractivity contribution is 5.83. The van der Waals surface area contributed by atoms with Gasteiger partial charge in [0.2, 0.25) is 0 Å².